The van der Waals surface area contributed by atoms with Gasteiger partial charge in [0.1, 0.15) is 0 Å². The van der Waals surface area contributed by atoms with Gasteiger partial charge >= 0.3 is 0 Å². The Kier molecular flexibility index (Phi) is 3.83. The molecule has 0 unspecified atom stereocenters. The predicted molar refractivity (Wildman–Crippen MR) is 75.2 cm³/mol. The zero-order chi connectivity index (χ0) is 13.3. The number of nitrogens with zero attached hydrogens (tertiary/aromatic N) is 2. The van der Waals surface area contributed by atoms with Crippen LogP contribution in [-0.4, -0.2) is 31.4 Å². The van der Waals surface area contributed by atoms with E-state index in [1.165, 1.54) is 0 Å². The van der Waals surface area contributed by atoms with Crippen molar-refractivity contribution < 1.29 is 4.79 Å². The number of carbonyl (C=O) groups is 1. The number of halogens is 2. The molecule has 0 N–H and O–H groups in total. The Balaban J connectivity index is 2.28. The lowest BCUT2D eigenvalue weighted by atomic mass is 10.2. The van der Waals surface area contributed by atoms with Crippen LogP contribution in [-0.2, 0) is 4.79 Å². The number of rotatable bonds is 2. The summed E-state index contributed by atoms with van der Waals surface area (Å²) in [5, 5.41) is 1.07. The fraction of sp³-hybridized carbons (Fsp3) is 0.308. The van der Waals surface area contributed by atoms with Crippen LogP contribution in [0.1, 0.15) is 6.42 Å². The quantitative estimate of drug-likeness (QED) is 0.779. The van der Waals surface area contributed by atoms with Gasteiger partial charge in [-0.3, -0.25) is 4.79 Å². The van der Waals surface area contributed by atoms with Crippen LogP contribution in [0.2, 0.25) is 10.0 Å². The molecular formula is C13H14Cl2N2O. The zero-order valence-corrected chi connectivity index (χ0v) is 11.8. The van der Waals surface area contributed by atoms with Crippen LogP contribution in [0.15, 0.2) is 30.0 Å². The van der Waals surface area contributed by atoms with Crippen LogP contribution in [0.3, 0.4) is 0 Å². The summed E-state index contributed by atoms with van der Waals surface area (Å²) in [6.07, 6.45) is 2.59. The summed E-state index contributed by atoms with van der Waals surface area (Å²) < 4.78 is 0. The first-order valence-corrected chi connectivity index (χ1v) is 6.38. The van der Waals surface area contributed by atoms with Gasteiger partial charge in [-0.15, -0.1) is 0 Å². The molecule has 1 amide bonds. The number of hydrogen-bond donors (Lipinski definition) is 0. The standard InChI is InChI=1S/C13H14Cl2N2O/c1-16(2)8-9-3-4-17(13(9)18)12-6-10(14)5-11(15)7-12/h5-8H,3-4H2,1-2H3/b9-8+. The zero-order valence-electron chi connectivity index (χ0n) is 10.3. The SMILES string of the molecule is CN(C)/C=C1\CCN(c2cc(Cl)cc(Cl)c2)C1=O. The van der Waals surface area contributed by atoms with Crippen LogP contribution < -0.4 is 4.90 Å². The van der Waals surface area contributed by atoms with Crippen molar-refractivity contribution >= 4 is 34.8 Å². The molecule has 0 aliphatic carbocycles. The van der Waals surface area contributed by atoms with Gasteiger partial charge in [0.15, 0.2) is 0 Å². The summed E-state index contributed by atoms with van der Waals surface area (Å²) in [6.45, 7) is 0.662. The topological polar surface area (TPSA) is 23.6 Å². The fourth-order valence-electron chi connectivity index (χ4n) is 1.99. The van der Waals surface area contributed by atoms with E-state index in [1.54, 1.807) is 23.1 Å². The van der Waals surface area contributed by atoms with Gasteiger partial charge in [-0.2, -0.15) is 0 Å². The summed E-state index contributed by atoms with van der Waals surface area (Å²) in [6, 6.07) is 5.16. The Morgan fingerprint density at radius 3 is 2.39 bits per heavy atom. The highest BCUT2D eigenvalue weighted by Gasteiger charge is 2.27. The molecule has 1 heterocycles. The van der Waals surface area contributed by atoms with Crippen molar-refractivity contribution in [1.29, 1.82) is 0 Å². The maximum Gasteiger partial charge on any atom is 0.255 e. The van der Waals surface area contributed by atoms with Crippen molar-refractivity contribution in [3.63, 3.8) is 0 Å². The summed E-state index contributed by atoms with van der Waals surface area (Å²) in [7, 11) is 3.80. The lowest BCUT2D eigenvalue weighted by molar-refractivity contribution is -0.114. The summed E-state index contributed by atoms with van der Waals surface area (Å²) in [4.78, 5) is 15.8. The molecule has 0 saturated carbocycles. The number of carbonyl (C=O) groups excluding carboxylic acids is 1. The number of hydrogen-bond acceptors (Lipinski definition) is 2. The van der Waals surface area contributed by atoms with Crippen LogP contribution in [0.5, 0.6) is 0 Å². The molecule has 0 radical (unpaired) electrons. The fourth-order valence-corrected chi connectivity index (χ4v) is 2.50. The Bertz CT molecular complexity index is 491. The Morgan fingerprint density at radius 2 is 1.83 bits per heavy atom. The first-order chi connectivity index (χ1) is 8.47. The van der Waals surface area contributed by atoms with Crippen molar-refractivity contribution in [1.82, 2.24) is 4.90 Å². The molecule has 5 heteroatoms. The van der Waals surface area contributed by atoms with E-state index in [0.717, 1.165) is 17.7 Å². The lowest BCUT2D eigenvalue weighted by Crippen LogP contribution is -2.24. The van der Waals surface area contributed by atoms with E-state index in [-0.39, 0.29) is 5.91 Å². The highest BCUT2D eigenvalue weighted by Crippen LogP contribution is 2.30. The first-order valence-electron chi connectivity index (χ1n) is 5.62. The minimum Gasteiger partial charge on any atom is -0.383 e. The van der Waals surface area contributed by atoms with E-state index in [1.807, 2.05) is 25.2 Å². The van der Waals surface area contributed by atoms with Crippen LogP contribution in [0.4, 0.5) is 5.69 Å². The van der Waals surface area contributed by atoms with Crippen molar-refractivity contribution in [2.75, 3.05) is 25.5 Å². The van der Waals surface area contributed by atoms with Crippen LogP contribution in [0.25, 0.3) is 0 Å². The number of amides is 1. The Hall–Kier alpha value is -1.19. The Labute approximate surface area is 117 Å². The highest BCUT2D eigenvalue weighted by molar-refractivity contribution is 6.35. The summed E-state index contributed by atoms with van der Waals surface area (Å²) in [5.74, 6) is 0.0158. The van der Waals surface area contributed by atoms with Gasteiger partial charge in [0, 0.05) is 48.1 Å². The van der Waals surface area contributed by atoms with Gasteiger partial charge in [0.25, 0.3) is 5.91 Å². The minimum atomic E-state index is 0.0158. The molecule has 1 saturated heterocycles. The van der Waals surface area contributed by atoms with E-state index in [2.05, 4.69) is 0 Å². The van der Waals surface area contributed by atoms with Gasteiger partial charge in [-0.1, -0.05) is 23.2 Å². The average molecular weight is 285 g/mol. The van der Waals surface area contributed by atoms with Crippen molar-refractivity contribution in [2.24, 2.45) is 0 Å². The minimum absolute atomic E-state index is 0.0158. The van der Waals surface area contributed by atoms with E-state index >= 15 is 0 Å². The second-order valence-electron chi connectivity index (χ2n) is 4.45. The van der Waals surface area contributed by atoms with Crippen molar-refractivity contribution in [2.45, 2.75) is 6.42 Å². The van der Waals surface area contributed by atoms with E-state index < -0.39 is 0 Å². The van der Waals surface area contributed by atoms with Crippen LogP contribution in [0, 0.1) is 0 Å². The molecule has 1 aromatic carbocycles. The molecule has 0 bridgehead atoms. The van der Waals surface area contributed by atoms with E-state index in [4.69, 9.17) is 23.2 Å². The molecular weight excluding hydrogens is 271 g/mol. The summed E-state index contributed by atoms with van der Waals surface area (Å²) in [5.41, 5.74) is 1.55. The molecule has 0 aromatic heterocycles. The Morgan fingerprint density at radius 1 is 1.22 bits per heavy atom. The molecule has 2 rings (SSSR count). The molecule has 0 spiro atoms. The molecule has 96 valence electrons. The maximum atomic E-state index is 12.2. The summed E-state index contributed by atoms with van der Waals surface area (Å²) >= 11 is 11.9. The van der Waals surface area contributed by atoms with Gasteiger partial charge < -0.3 is 9.80 Å². The van der Waals surface area contributed by atoms with Gasteiger partial charge in [-0.25, -0.2) is 0 Å². The maximum absolute atomic E-state index is 12.2. The third kappa shape index (κ3) is 2.79. The number of benzene rings is 1. The van der Waals surface area contributed by atoms with Gasteiger partial charge in [-0.05, 0) is 24.6 Å². The molecule has 1 aromatic rings. The molecule has 1 aliphatic rings. The highest BCUT2D eigenvalue weighted by atomic mass is 35.5. The monoisotopic (exact) mass is 284 g/mol. The molecule has 1 aliphatic heterocycles. The smallest absolute Gasteiger partial charge is 0.255 e. The third-order valence-corrected chi connectivity index (χ3v) is 3.13. The van der Waals surface area contributed by atoms with Gasteiger partial charge in [0.05, 0.1) is 0 Å². The largest absolute Gasteiger partial charge is 0.383 e. The van der Waals surface area contributed by atoms with E-state index in [9.17, 15) is 4.79 Å². The van der Waals surface area contributed by atoms with Crippen LogP contribution >= 0.6 is 23.2 Å². The number of anilines is 1. The normalized spacial score (nSPS) is 17.7. The second kappa shape index (κ2) is 5.21. The third-order valence-electron chi connectivity index (χ3n) is 2.70. The molecule has 0 atom stereocenters. The molecule has 3 nitrogen and oxygen atoms in total. The predicted octanol–water partition coefficient (Wildman–Crippen LogP) is 3.18. The van der Waals surface area contributed by atoms with Crippen molar-refractivity contribution in [3.05, 3.63) is 40.0 Å². The molecule has 18 heavy (non-hydrogen) atoms. The van der Waals surface area contributed by atoms with Gasteiger partial charge in [0.2, 0.25) is 0 Å². The van der Waals surface area contributed by atoms with Crippen molar-refractivity contribution in [3.8, 4) is 0 Å². The van der Waals surface area contributed by atoms with E-state index in [0.29, 0.717) is 16.6 Å². The average Bonchev–Trinajstić information content (AvgIpc) is 2.58. The second-order valence-corrected chi connectivity index (χ2v) is 5.33. The first kappa shape index (κ1) is 13.2. The lowest BCUT2D eigenvalue weighted by Gasteiger charge is -2.16. The molecule has 1 fully saturated rings.